The fourth-order valence-electron chi connectivity index (χ4n) is 5.49. The second kappa shape index (κ2) is 8.08. The summed E-state index contributed by atoms with van der Waals surface area (Å²) in [5, 5.41) is 2.26. The third-order valence-electron chi connectivity index (χ3n) is 8.32. The van der Waals surface area contributed by atoms with Gasteiger partial charge in [0.2, 0.25) is 0 Å². The van der Waals surface area contributed by atoms with Crippen LogP contribution in [0.3, 0.4) is 0 Å². The number of hydrogen-bond acceptors (Lipinski definition) is 5. The molecule has 2 aromatic carbocycles. The summed E-state index contributed by atoms with van der Waals surface area (Å²) in [6.07, 6.45) is 3.61. The largest absolute Gasteiger partial charge is 0.494 e. The maximum absolute atomic E-state index is 12.9. The molecule has 0 spiro atoms. The molecule has 3 heterocycles. The van der Waals surface area contributed by atoms with Crippen molar-refractivity contribution in [2.24, 2.45) is 5.92 Å². The van der Waals surface area contributed by atoms with E-state index in [2.05, 4.69) is 69.1 Å². The van der Waals surface area contributed by atoms with E-state index in [9.17, 15) is 4.79 Å². The van der Waals surface area contributed by atoms with E-state index in [0.717, 1.165) is 46.2 Å². The van der Waals surface area contributed by atoms with Crippen LogP contribution in [0.4, 0.5) is 4.79 Å². The molecule has 6 rings (SSSR count). The first-order chi connectivity index (χ1) is 17.3. The number of rotatable bonds is 3. The van der Waals surface area contributed by atoms with E-state index in [4.69, 9.17) is 19.0 Å². The highest BCUT2D eigenvalue weighted by atomic mass is 16.7. The van der Waals surface area contributed by atoms with Crippen molar-refractivity contribution in [2.45, 2.75) is 90.2 Å². The number of amides is 1. The Morgan fingerprint density at radius 1 is 1.05 bits per heavy atom. The molecule has 1 aromatic heterocycles. The number of aromatic nitrogens is 2. The van der Waals surface area contributed by atoms with E-state index in [1.807, 2.05) is 31.9 Å². The lowest BCUT2D eigenvalue weighted by Gasteiger charge is -2.32. The minimum Gasteiger partial charge on any atom is -0.444 e. The minimum absolute atomic E-state index is 0.0738. The fraction of sp³-hybridized carbons (Fsp3) is 0.517. The lowest BCUT2D eigenvalue weighted by atomic mass is 9.78. The summed E-state index contributed by atoms with van der Waals surface area (Å²) in [6.45, 7) is 14.0. The number of fused-ring (bicyclic) bond motifs is 2. The van der Waals surface area contributed by atoms with Gasteiger partial charge in [-0.15, -0.1) is 0 Å². The summed E-state index contributed by atoms with van der Waals surface area (Å²) in [4.78, 5) is 23.0. The van der Waals surface area contributed by atoms with Crippen molar-refractivity contribution in [3.63, 3.8) is 0 Å². The third-order valence-corrected chi connectivity index (χ3v) is 8.32. The quantitative estimate of drug-likeness (QED) is 0.473. The Hall–Kier alpha value is -2.84. The summed E-state index contributed by atoms with van der Waals surface area (Å²) >= 11 is 0. The molecular weight excluding hydrogens is 465 g/mol. The summed E-state index contributed by atoms with van der Waals surface area (Å²) in [6, 6.07) is 12.9. The van der Waals surface area contributed by atoms with Crippen molar-refractivity contribution in [3.05, 3.63) is 48.4 Å². The molecule has 2 saturated heterocycles. The standard InChI is InChI=1S/C29H36BN3O4/c1-27(2,3)35-26(34)33-23-14-20(23)15-24(33)25-31-16-22(32-25)19-9-8-18-13-21(11-10-17(18)12-19)30-36-28(4,5)29(6,7)37-30/h8-13,16,20,23-24H,14-15H2,1-7H3,(H,31,32). The van der Waals surface area contributed by atoms with Crippen molar-refractivity contribution in [1.29, 1.82) is 0 Å². The van der Waals surface area contributed by atoms with Gasteiger partial charge in [0.25, 0.3) is 0 Å². The van der Waals surface area contributed by atoms with E-state index in [1.165, 1.54) is 0 Å². The number of H-pyrrole nitrogens is 1. The van der Waals surface area contributed by atoms with Gasteiger partial charge in [-0.2, -0.15) is 0 Å². The molecule has 3 aromatic rings. The van der Waals surface area contributed by atoms with Crippen LogP contribution in [0.1, 0.15) is 73.2 Å². The first-order valence-corrected chi connectivity index (χ1v) is 13.3. The van der Waals surface area contributed by atoms with E-state index < -0.39 is 5.60 Å². The van der Waals surface area contributed by atoms with Gasteiger partial charge in [0.15, 0.2) is 0 Å². The molecule has 37 heavy (non-hydrogen) atoms. The molecule has 3 aliphatic rings. The number of imidazole rings is 1. The van der Waals surface area contributed by atoms with Gasteiger partial charge in [-0.1, -0.05) is 30.3 Å². The molecule has 3 unspecified atom stereocenters. The zero-order chi connectivity index (χ0) is 26.3. The van der Waals surface area contributed by atoms with Crippen LogP contribution in [0.5, 0.6) is 0 Å². The number of piperidine rings is 1. The molecule has 1 N–H and O–H groups in total. The van der Waals surface area contributed by atoms with Gasteiger partial charge in [0.05, 0.1) is 29.1 Å². The Kier molecular flexibility index (Phi) is 5.35. The zero-order valence-electron chi connectivity index (χ0n) is 22.8. The van der Waals surface area contributed by atoms with Crippen LogP contribution in [0, 0.1) is 5.92 Å². The van der Waals surface area contributed by atoms with E-state index >= 15 is 0 Å². The number of hydrogen-bond donors (Lipinski definition) is 1. The van der Waals surface area contributed by atoms with Crippen LogP contribution in [0.15, 0.2) is 42.6 Å². The third kappa shape index (κ3) is 4.34. The maximum Gasteiger partial charge on any atom is 0.494 e. The van der Waals surface area contributed by atoms with Gasteiger partial charge < -0.3 is 19.0 Å². The molecule has 1 saturated carbocycles. The Morgan fingerprint density at radius 2 is 1.73 bits per heavy atom. The second-order valence-electron chi connectivity index (χ2n) is 12.8. The van der Waals surface area contributed by atoms with E-state index in [-0.39, 0.29) is 36.5 Å². The predicted molar refractivity (Wildman–Crippen MR) is 145 cm³/mol. The number of carbonyl (C=O) groups is 1. The topological polar surface area (TPSA) is 76.7 Å². The first-order valence-electron chi connectivity index (χ1n) is 13.3. The molecule has 2 aliphatic heterocycles. The van der Waals surface area contributed by atoms with Gasteiger partial charge in [-0.3, -0.25) is 4.90 Å². The average Bonchev–Trinajstić information content (AvgIpc) is 3.15. The molecule has 0 bridgehead atoms. The normalized spacial score (nSPS) is 26.0. The Bertz CT molecular complexity index is 1360. The molecular formula is C29H36BN3O4. The van der Waals surface area contributed by atoms with Gasteiger partial charge in [-0.05, 0) is 89.5 Å². The first kappa shape index (κ1) is 24.5. The van der Waals surface area contributed by atoms with Gasteiger partial charge >= 0.3 is 13.2 Å². The number of carbonyl (C=O) groups excluding carboxylic acids is 1. The van der Waals surface area contributed by atoms with Gasteiger partial charge in [0.1, 0.15) is 11.4 Å². The number of likely N-dealkylation sites (tertiary alicyclic amines) is 1. The fourth-order valence-corrected chi connectivity index (χ4v) is 5.49. The molecule has 7 nitrogen and oxygen atoms in total. The number of nitrogens with zero attached hydrogens (tertiary/aromatic N) is 2. The lowest BCUT2D eigenvalue weighted by Crippen LogP contribution is -2.41. The van der Waals surface area contributed by atoms with Crippen LogP contribution >= 0.6 is 0 Å². The maximum atomic E-state index is 12.9. The molecule has 3 atom stereocenters. The van der Waals surface area contributed by atoms with Crippen molar-refractivity contribution < 1.29 is 18.8 Å². The van der Waals surface area contributed by atoms with Crippen LogP contribution in [-0.2, 0) is 14.0 Å². The van der Waals surface area contributed by atoms with Crippen molar-refractivity contribution in [3.8, 4) is 11.3 Å². The average molecular weight is 501 g/mol. The van der Waals surface area contributed by atoms with Crippen LogP contribution in [0.2, 0.25) is 0 Å². The number of nitrogens with one attached hydrogen (secondary N) is 1. The SMILES string of the molecule is CC(C)(C)OC(=O)N1C(c2ncc(-c3ccc4cc(B5OC(C)(C)C(C)(C)O5)ccc4c3)[nH]2)CC2CC21. The molecule has 0 radical (unpaired) electrons. The van der Waals surface area contributed by atoms with Gasteiger partial charge in [0, 0.05) is 11.6 Å². The monoisotopic (exact) mass is 501 g/mol. The highest BCUT2D eigenvalue weighted by Gasteiger charge is 2.56. The van der Waals surface area contributed by atoms with E-state index in [0.29, 0.717) is 5.92 Å². The number of aromatic amines is 1. The van der Waals surface area contributed by atoms with E-state index in [1.54, 1.807) is 0 Å². The molecule has 3 fully saturated rings. The summed E-state index contributed by atoms with van der Waals surface area (Å²) in [5.41, 5.74) is 1.76. The van der Waals surface area contributed by atoms with Crippen molar-refractivity contribution >= 4 is 29.4 Å². The lowest BCUT2D eigenvalue weighted by molar-refractivity contribution is 0.00578. The second-order valence-corrected chi connectivity index (χ2v) is 12.8. The highest BCUT2D eigenvalue weighted by molar-refractivity contribution is 6.62. The van der Waals surface area contributed by atoms with Crippen molar-refractivity contribution in [1.82, 2.24) is 14.9 Å². The Labute approximate surface area is 219 Å². The smallest absolute Gasteiger partial charge is 0.444 e. The Balaban J connectivity index is 1.23. The van der Waals surface area contributed by atoms with Gasteiger partial charge in [-0.25, -0.2) is 9.78 Å². The molecule has 1 aliphatic carbocycles. The zero-order valence-corrected chi connectivity index (χ0v) is 22.8. The molecule has 8 heteroatoms. The van der Waals surface area contributed by atoms with Crippen LogP contribution in [-0.4, -0.2) is 50.9 Å². The molecule has 1 amide bonds. The van der Waals surface area contributed by atoms with Crippen LogP contribution < -0.4 is 5.46 Å². The summed E-state index contributed by atoms with van der Waals surface area (Å²) in [7, 11) is -0.380. The molecule has 194 valence electrons. The predicted octanol–water partition coefficient (Wildman–Crippen LogP) is 5.60. The number of benzene rings is 2. The number of ether oxygens (including phenoxy) is 1. The van der Waals surface area contributed by atoms with Crippen LogP contribution in [0.25, 0.3) is 22.0 Å². The highest BCUT2D eigenvalue weighted by Crippen LogP contribution is 2.53. The Morgan fingerprint density at radius 3 is 2.43 bits per heavy atom. The van der Waals surface area contributed by atoms with Crippen molar-refractivity contribution in [2.75, 3.05) is 0 Å². The minimum atomic E-state index is -0.518. The summed E-state index contributed by atoms with van der Waals surface area (Å²) in [5.74, 6) is 1.37. The summed E-state index contributed by atoms with van der Waals surface area (Å²) < 4.78 is 18.2.